The first-order valence-electron chi connectivity index (χ1n) is 32.6. The Kier molecular flexibility index (Phi) is 55.9. The minimum absolute atomic E-state index is 0.0624. The quantitative estimate of drug-likeness (QED) is 0.0343. The standard InChI is InChI=1S/C66H128O6/c1-7-62(6)54-48-42-36-30-24-18-14-15-20-26-32-38-44-50-56-65(68)71-59-63(72-66(69)57-51-45-39-33-27-21-13-9-11-17-23-29-35-41-47-53-61(4)5)58-70-64(67)55-49-43-37-31-25-19-12-8-10-16-22-28-34-40-46-52-60(2)3/h60-63H,7-59H2,1-6H3/t62?,63-/m0/s1. The highest BCUT2D eigenvalue weighted by atomic mass is 16.6. The molecule has 0 saturated heterocycles. The number of carbonyl (C=O) groups is 3. The van der Waals surface area contributed by atoms with Gasteiger partial charge in [-0.1, -0.05) is 330 Å². The zero-order chi connectivity index (χ0) is 52.6. The Labute approximate surface area is 450 Å². The molecule has 2 atom stereocenters. The van der Waals surface area contributed by atoms with Gasteiger partial charge in [0.1, 0.15) is 13.2 Å². The third-order valence-electron chi connectivity index (χ3n) is 15.5. The Morgan fingerprint density at radius 1 is 0.278 bits per heavy atom. The predicted octanol–water partition coefficient (Wildman–Crippen LogP) is 21.8. The van der Waals surface area contributed by atoms with Crippen LogP contribution in [0.5, 0.6) is 0 Å². The fourth-order valence-electron chi connectivity index (χ4n) is 10.2. The van der Waals surface area contributed by atoms with Gasteiger partial charge in [-0.05, 0) is 37.0 Å². The topological polar surface area (TPSA) is 78.9 Å². The zero-order valence-electron chi connectivity index (χ0n) is 49.7. The van der Waals surface area contributed by atoms with E-state index in [1.807, 2.05) is 0 Å². The molecule has 6 nitrogen and oxygen atoms in total. The SMILES string of the molecule is CCC(C)CCCCCCCCCCCCCCCCC(=O)OC[C@H](COC(=O)CCCCCCCCCCCCCCCCCC(C)C)OC(=O)CCCCCCCCCCCCCCCCCC(C)C. The van der Waals surface area contributed by atoms with Gasteiger partial charge in [0.05, 0.1) is 0 Å². The number of unbranched alkanes of at least 4 members (excludes halogenated alkanes) is 41. The molecule has 428 valence electrons. The van der Waals surface area contributed by atoms with Crippen LogP contribution in [0.25, 0.3) is 0 Å². The third-order valence-corrected chi connectivity index (χ3v) is 15.5. The fourth-order valence-corrected chi connectivity index (χ4v) is 10.2. The smallest absolute Gasteiger partial charge is 0.306 e. The van der Waals surface area contributed by atoms with Gasteiger partial charge in [0.2, 0.25) is 0 Å². The van der Waals surface area contributed by atoms with Crippen molar-refractivity contribution in [2.45, 2.75) is 375 Å². The van der Waals surface area contributed by atoms with Crippen molar-refractivity contribution in [3.63, 3.8) is 0 Å². The van der Waals surface area contributed by atoms with Gasteiger partial charge in [-0.25, -0.2) is 0 Å². The maximum absolute atomic E-state index is 12.9. The minimum atomic E-state index is -0.765. The van der Waals surface area contributed by atoms with Crippen LogP contribution in [0, 0.1) is 17.8 Å². The number of esters is 3. The zero-order valence-corrected chi connectivity index (χ0v) is 49.7. The maximum Gasteiger partial charge on any atom is 0.306 e. The van der Waals surface area contributed by atoms with Gasteiger partial charge in [-0.2, -0.15) is 0 Å². The lowest BCUT2D eigenvalue weighted by molar-refractivity contribution is -0.167. The average Bonchev–Trinajstić information content (AvgIpc) is 3.36. The van der Waals surface area contributed by atoms with Gasteiger partial charge in [0.25, 0.3) is 0 Å². The molecule has 1 unspecified atom stereocenters. The molecule has 6 heteroatoms. The summed E-state index contributed by atoms with van der Waals surface area (Å²) in [6, 6.07) is 0. The van der Waals surface area contributed by atoms with Crippen molar-refractivity contribution >= 4 is 17.9 Å². The largest absolute Gasteiger partial charge is 0.462 e. The molecule has 0 N–H and O–H groups in total. The molecule has 0 aromatic rings. The number of ether oxygens (including phenoxy) is 3. The number of carbonyl (C=O) groups excluding carboxylic acids is 3. The first-order valence-corrected chi connectivity index (χ1v) is 32.6. The average molecular weight is 1020 g/mol. The molecule has 0 amide bonds. The summed E-state index contributed by atoms with van der Waals surface area (Å²) in [6.45, 7) is 13.9. The van der Waals surface area contributed by atoms with Crippen LogP contribution in [0.1, 0.15) is 369 Å². The van der Waals surface area contributed by atoms with Crippen LogP contribution >= 0.6 is 0 Å². The molecule has 0 aliphatic rings. The van der Waals surface area contributed by atoms with Gasteiger partial charge in [-0.3, -0.25) is 14.4 Å². The summed E-state index contributed by atoms with van der Waals surface area (Å²) in [5, 5.41) is 0. The molecule has 0 bridgehead atoms. The third kappa shape index (κ3) is 57.7. The van der Waals surface area contributed by atoms with E-state index in [4.69, 9.17) is 14.2 Å². The van der Waals surface area contributed by atoms with Crippen LogP contribution < -0.4 is 0 Å². The molecular formula is C66H128O6. The Morgan fingerprint density at radius 2 is 0.486 bits per heavy atom. The number of rotatable bonds is 59. The van der Waals surface area contributed by atoms with E-state index in [-0.39, 0.29) is 31.1 Å². The van der Waals surface area contributed by atoms with E-state index in [1.165, 1.54) is 250 Å². The van der Waals surface area contributed by atoms with E-state index in [2.05, 4.69) is 41.5 Å². The molecule has 72 heavy (non-hydrogen) atoms. The second-order valence-electron chi connectivity index (χ2n) is 24.0. The molecule has 0 aliphatic heterocycles. The molecule has 0 aromatic carbocycles. The van der Waals surface area contributed by atoms with Gasteiger partial charge >= 0.3 is 17.9 Å². The van der Waals surface area contributed by atoms with Crippen LogP contribution in [-0.4, -0.2) is 37.2 Å². The lowest BCUT2D eigenvalue weighted by Crippen LogP contribution is -2.30. The number of hydrogen-bond donors (Lipinski definition) is 0. The molecule has 0 spiro atoms. The maximum atomic E-state index is 12.9. The first kappa shape index (κ1) is 70.4. The van der Waals surface area contributed by atoms with Crippen molar-refractivity contribution in [1.82, 2.24) is 0 Å². The molecule has 0 saturated carbocycles. The lowest BCUT2D eigenvalue weighted by atomic mass is 9.99. The lowest BCUT2D eigenvalue weighted by Gasteiger charge is -2.18. The normalized spacial score (nSPS) is 12.5. The van der Waals surface area contributed by atoms with Crippen molar-refractivity contribution in [2.24, 2.45) is 17.8 Å². The van der Waals surface area contributed by atoms with Crippen LogP contribution in [0.2, 0.25) is 0 Å². The summed E-state index contributed by atoms with van der Waals surface area (Å²) in [5.41, 5.74) is 0. The summed E-state index contributed by atoms with van der Waals surface area (Å²) in [4.78, 5) is 38.4. The van der Waals surface area contributed by atoms with E-state index in [0.717, 1.165) is 75.5 Å². The first-order chi connectivity index (χ1) is 35.1. The Hall–Kier alpha value is -1.59. The summed E-state index contributed by atoms with van der Waals surface area (Å²) < 4.78 is 17.0. The van der Waals surface area contributed by atoms with Crippen molar-refractivity contribution < 1.29 is 28.6 Å². The van der Waals surface area contributed by atoms with Gasteiger partial charge in [-0.15, -0.1) is 0 Å². The van der Waals surface area contributed by atoms with Crippen LogP contribution in [0.3, 0.4) is 0 Å². The summed E-state index contributed by atoms with van der Waals surface area (Å²) in [7, 11) is 0. The van der Waals surface area contributed by atoms with E-state index in [9.17, 15) is 14.4 Å². The number of hydrogen-bond acceptors (Lipinski definition) is 6. The second kappa shape index (κ2) is 57.1. The van der Waals surface area contributed by atoms with Crippen LogP contribution in [0.15, 0.2) is 0 Å². The summed E-state index contributed by atoms with van der Waals surface area (Å²) >= 11 is 0. The fraction of sp³-hybridized carbons (Fsp3) is 0.955. The summed E-state index contributed by atoms with van der Waals surface area (Å²) in [5.74, 6) is 1.76. The highest BCUT2D eigenvalue weighted by Crippen LogP contribution is 2.20. The van der Waals surface area contributed by atoms with Crippen molar-refractivity contribution in [1.29, 1.82) is 0 Å². The highest BCUT2D eigenvalue weighted by molar-refractivity contribution is 5.71. The Morgan fingerprint density at radius 3 is 0.722 bits per heavy atom. The minimum Gasteiger partial charge on any atom is -0.462 e. The van der Waals surface area contributed by atoms with Gasteiger partial charge in [0.15, 0.2) is 6.10 Å². The molecule has 0 radical (unpaired) electrons. The van der Waals surface area contributed by atoms with Crippen LogP contribution in [-0.2, 0) is 28.6 Å². The van der Waals surface area contributed by atoms with E-state index in [1.54, 1.807) is 0 Å². The molecule has 0 aromatic heterocycles. The molecular weight excluding hydrogens is 889 g/mol. The van der Waals surface area contributed by atoms with Crippen molar-refractivity contribution in [3.8, 4) is 0 Å². The highest BCUT2D eigenvalue weighted by Gasteiger charge is 2.19. The van der Waals surface area contributed by atoms with Gasteiger partial charge in [0, 0.05) is 19.3 Å². The molecule has 0 aliphatic carbocycles. The monoisotopic (exact) mass is 1020 g/mol. The van der Waals surface area contributed by atoms with E-state index < -0.39 is 6.10 Å². The van der Waals surface area contributed by atoms with Gasteiger partial charge < -0.3 is 14.2 Å². The van der Waals surface area contributed by atoms with Crippen molar-refractivity contribution in [3.05, 3.63) is 0 Å². The molecule has 0 heterocycles. The van der Waals surface area contributed by atoms with Crippen LogP contribution in [0.4, 0.5) is 0 Å². The van der Waals surface area contributed by atoms with E-state index >= 15 is 0 Å². The van der Waals surface area contributed by atoms with Crippen molar-refractivity contribution in [2.75, 3.05) is 13.2 Å². The molecule has 0 fully saturated rings. The second-order valence-corrected chi connectivity index (χ2v) is 24.0. The van der Waals surface area contributed by atoms with E-state index in [0.29, 0.717) is 19.3 Å². The Bertz CT molecular complexity index is 1120. The Balaban J connectivity index is 4.30. The predicted molar refractivity (Wildman–Crippen MR) is 312 cm³/mol. The molecule has 0 rings (SSSR count). The summed E-state index contributed by atoms with van der Waals surface area (Å²) in [6.07, 6.45) is 62.4.